The molecule has 0 radical (unpaired) electrons. The maximum absolute atomic E-state index is 12.3. The maximum Gasteiger partial charge on any atom is 0.303 e. The van der Waals surface area contributed by atoms with Crippen molar-refractivity contribution in [1.82, 2.24) is 9.44 Å². The van der Waals surface area contributed by atoms with Gasteiger partial charge in [0.2, 0.25) is 0 Å². The van der Waals surface area contributed by atoms with Gasteiger partial charge in [0.25, 0.3) is 10.2 Å². The fourth-order valence-electron chi connectivity index (χ4n) is 2.92. The van der Waals surface area contributed by atoms with Crippen molar-refractivity contribution in [3.05, 3.63) is 35.9 Å². The predicted octanol–water partition coefficient (Wildman–Crippen LogP) is 1.83. The molecule has 1 aromatic rings. The van der Waals surface area contributed by atoms with Crippen LogP contribution in [-0.4, -0.2) is 31.6 Å². The molecule has 0 aliphatic heterocycles. The summed E-state index contributed by atoms with van der Waals surface area (Å²) in [5, 5.41) is 8.86. The van der Waals surface area contributed by atoms with Gasteiger partial charge in [0.15, 0.2) is 0 Å². The number of rotatable bonds is 9. The lowest BCUT2D eigenvalue weighted by Gasteiger charge is -2.20. The van der Waals surface area contributed by atoms with Crippen molar-refractivity contribution in [3.63, 3.8) is 0 Å². The summed E-state index contributed by atoms with van der Waals surface area (Å²) in [7, 11) is -3.63. The molecule has 7 heteroatoms. The number of hydrogen-bond donors (Lipinski definition) is 3. The molecule has 0 bridgehead atoms. The molecular formula is C16H24N2O4S. The van der Waals surface area contributed by atoms with Gasteiger partial charge < -0.3 is 5.11 Å². The monoisotopic (exact) mass is 340 g/mol. The number of carboxylic acids is 1. The van der Waals surface area contributed by atoms with Crippen LogP contribution < -0.4 is 9.44 Å². The average molecular weight is 340 g/mol. The molecule has 0 heterocycles. The minimum atomic E-state index is -3.63. The fraction of sp³-hybridized carbons (Fsp3) is 0.562. The largest absolute Gasteiger partial charge is 0.481 e. The van der Waals surface area contributed by atoms with Gasteiger partial charge in [0, 0.05) is 18.5 Å². The summed E-state index contributed by atoms with van der Waals surface area (Å²) in [5.74, 6) is -0.925. The van der Waals surface area contributed by atoms with E-state index in [1.165, 1.54) is 0 Å². The third kappa shape index (κ3) is 6.68. The van der Waals surface area contributed by atoms with Crippen LogP contribution in [0.4, 0.5) is 0 Å². The van der Waals surface area contributed by atoms with Crippen molar-refractivity contribution in [1.29, 1.82) is 0 Å². The third-order valence-corrected chi connectivity index (χ3v) is 5.32. The maximum atomic E-state index is 12.3. The molecule has 1 unspecified atom stereocenters. The summed E-state index contributed by atoms with van der Waals surface area (Å²) in [5.41, 5.74) is 0.978. The minimum absolute atomic E-state index is 0.00986. The summed E-state index contributed by atoms with van der Waals surface area (Å²) < 4.78 is 29.8. The highest BCUT2D eigenvalue weighted by molar-refractivity contribution is 7.87. The normalized spacial score (nSPS) is 17.2. The van der Waals surface area contributed by atoms with Gasteiger partial charge in [-0.05, 0) is 31.2 Å². The van der Waals surface area contributed by atoms with Crippen molar-refractivity contribution >= 4 is 16.2 Å². The quantitative estimate of drug-likeness (QED) is 0.639. The standard InChI is InChI=1S/C16H24N2O4S/c19-16(20)11-10-15(12-13-6-2-1-3-7-13)18-23(21,22)17-14-8-4-5-9-14/h1-3,6-7,14-15,17-18H,4-5,8-12H2,(H,19,20). The summed E-state index contributed by atoms with van der Waals surface area (Å²) in [6, 6.07) is 9.03. The molecule has 0 spiro atoms. The van der Waals surface area contributed by atoms with Crippen LogP contribution in [-0.2, 0) is 21.4 Å². The van der Waals surface area contributed by atoms with Crippen LogP contribution in [0.15, 0.2) is 30.3 Å². The Morgan fingerprint density at radius 2 is 1.87 bits per heavy atom. The molecule has 128 valence electrons. The first kappa shape index (κ1) is 17.9. The van der Waals surface area contributed by atoms with Crippen LogP contribution in [0.25, 0.3) is 0 Å². The molecule has 0 aromatic heterocycles. The van der Waals surface area contributed by atoms with Crippen molar-refractivity contribution in [2.75, 3.05) is 0 Å². The van der Waals surface area contributed by atoms with Crippen molar-refractivity contribution in [2.45, 2.75) is 57.0 Å². The van der Waals surface area contributed by atoms with Gasteiger partial charge in [0.1, 0.15) is 0 Å². The molecule has 6 nitrogen and oxygen atoms in total. The topological polar surface area (TPSA) is 95.5 Å². The van der Waals surface area contributed by atoms with Gasteiger partial charge in [-0.25, -0.2) is 0 Å². The Balaban J connectivity index is 1.98. The lowest BCUT2D eigenvalue weighted by Crippen LogP contribution is -2.46. The molecule has 1 aliphatic carbocycles. The molecule has 1 aromatic carbocycles. The zero-order valence-corrected chi connectivity index (χ0v) is 13.9. The average Bonchev–Trinajstić information content (AvgIpc) is 2.97. The second kappa shape index (κ2) is 8.42. The Morgan fingerprint density at radius 3 is 2.48 bits per heavy atom. The van der Waals surface area contributed by atoms with Crippen LogP contribution in [0.1, 0.15) is 44.1 Å². The van der Waals surface area contributed by atoms with Crippen LogP contribution in [0.5, 0.6) is 0 Å². The first-order chi connectivity index (χ1) is 10.9. The van der Waals surface area contributed by atoms with E-state index in [0.29, 0.717) is 6.42 Å². The summed E-state index contributed by atoms with van der Waals surface area (Å²) in [4.78, 5) is 10.8. The van der Waals surface area contributed by atoms with Crippen molar-refractivity contribution < 1.29 is 18.3 Å². The molecule has 23 heavy (non-hydrogen) atoms. The zero-order chi connectivity index (χ0) is 16.7. The second-order valence-corrected chi connectivity index (χ2v) is 7.52. The summed E-state index contributed by atoms with van der Waals surface area (Å²) in [6.07, 6.45) is 4.47. The number of aliphatic carboxylic acids is 1. The van der Waals surface area contributed by atoms with Gasteiger partial charge >= 0.3 is 5.97 Å². The highest BCUT2D eigenvalue weighted by Crippen LogP contribution is 2.18. The first-order valence-corrected chi connectivity index (χ1v) is 9.48. The number of hydrogen-bond acceptors (Lipinski definition) is 3. The number of benzene rings is 1. The van der Waals surface area contributed by atoms with E-state index >= 15 is 0 Å². The van der Waals surface area contributed by atoms with E-state index in [1.54, 1.807) is 0 Å². The Kier molecular flexibility index (Phi) is 6.56. The molecule has 0 saturated heterocycles. The predicted molar refractivity (Wildman–Crippen MR) is 88.3 cm³/mol. The van der Waals surface area contributed by atoms with E-state index in [1.807, 2.05) is 30.3 Å². The molecule has 1 saturated carbocycles. The Hall–Kier alpha value is -1.44. The van der Waals surface area contributed by atoms with Crippen molar-refractivity contribution in [2.24, 2.45) is 0 Å². The molecule has 3 N–H and O–H groups in total. The molecule has 0 amide bonds. The van der Waals surface area contributed by atoms with Gasteiger partial charge in [-0.15, -0.1) is 0 Å². The summed E-state index contributed by atoms with van der Waals surface area (Å²) >= 11 is 0. The molecular weight excluding hydrogens is 316 g/mol. The van der Waals surface area contributed by atoms with Crippen LogP contribution in [0, 0.1) is 0 Å². The lowest BCUT2D eigenvalue weighted by molar-refractivity contribution is -0.137. The second-order valence-electron chi connectivity index (χ2n) is 6.04. The Bertz CT molecular complexity index is 598. The highest BCUT2D eigenvalue weighted by Gasteiger charge is 2.24. The smallest absolute Gasteiger partial charge is 0.303 e. The number of carboxylic acid groups (broad SMARTS) is 1. The van der Waals surface area contributed by atoms with E-state index in [-0.39, 0.29) is 18.9 Å². The van der Waals surface area contributed by atoms with Gasteiger partial charge in [-0.3, -0.25) is 4.79 Å². The Morgan fingerprint density at radius 1 is 1.22 bits per heavy atom. The van der Waals surface area contributed by atoms with Gasteiger partial charge in [-0.2, -0.15) is 17.9 Å². The van der Waals surface area contributed by atoms with E-state index in [0.717, 1.165) is 31.2 Å². The first-order valence-electron chi connectivity index (χ1n) is 8.00. The van der Waals surface area contributed by atoms with E-state index < -0.39 is 22.2 Å². The van der Waals surface area contributed by atoms with Crippen molar-refractivity contribution in [3.8, 4) is 0 Å². The third-order valence-electron chi connectivity index (χ3n) is 4.03. The number of nitrogens with one attached hydrogen (secondary N) is 2. The summed E-state index contributed by atoms with van der Waals surface area (Å²) in [6.45, 7) is 0. The number of carbonyl (C=O) groups is 1. The molecule has 1 aliphatic rings. The highest BCUT2D eigenvalue weighted by atomic mass is 32.2. The molecule has 1 fully saturated rings. The molecule has 2 rings (SSSR count). The van der Waals surface area contributed by atoms with Crippen LogP contribution in [0.2, 0.25) is 0 Å². The van der Waals surface area contributed by atoms with Crippen LogP contribution in [0.3, 0.4) is 0 Å². The zero-order valence-electron chi connectivity index (χ0n) is 13.1. The Labute approximate surface area is 137 Å². The van der Waals surface area contributed by atoms with E-state index in [4.69, 9.17) is 5.11 Å². The van der Waals surface area contributed by atoms with Crippen LogP contribution >= 0.6 is 0 Å². The van der Waals surface area contributed by atoms with Gasteiger partial charge in [0.05, 0.1) is 0 Å². The van der Waals surface area contributed by atoms with Gasteiger partial charge in [-0.1, -0.05) is 43.2 Å². The van der Waals surface area contributed by atoms with E-state index in [2.05, 4.69) is 9.44 Å². The van der Waals surface area contributed by atoms with E-state index in [9.17, 15) is 13.2 Å². The minimum Gasteiger partial charge on any atom is -0.481 e. The fourth-order valence-corrected chi connectivity index (χ4v) is 4.30. The molecule has 1 atom stereocenters. The lowest BCUT2D eigenvalue weighted by atomic mass is 10.0. The SMILES string of the molecule is O=C(O)CCC(Cc1ccccc1)NS(=O)(=O)NC1CCCC1.